The molecule has 0 aromatic carbocycles. The molecule has 0 spiro atoms. The van der Waals surface area contributed by atoms with Crippen LogP contribution in [0, 0.1) is 13.8 Å². The molecule has 0 atom stereocenters. The summed E-state index contributed by atoms with van der Waals surface area (Å²) < 4.78 is 40.9. The number of pyridine rings is 1. The second-order valence-electron chi connectivity index (χ2n) is 8.00. The molecule has 5 rings (SSSR count). The van der Waals surface area contributed by atoms with Gasteiger partial charge < -0.3 is 9.80 Å². The normalized spacial score (nSPS) is 17.1. The smallest absolute Gasteiger partial charge is 0.370 e. The van der Waals surface area contributed by atoms with Gasteiger partial charge in [-0.3, -0.25) is 4.98 Å². The van der Waals surface area contributed by atoms with Crippen molar-refractivity contribution in [2.24, 2.45) is 0 Å². The molecule has 1 fully saturated rings. The number of hydrogen-bond donors (Lipinski definition) is 0. The van der Waals surface area contributed by atoms with E-state index in [2.05, 4.69) is 31.2 Å². The minimum absolute atomic E-state index is 0.138. The molecule has 2 aliphatic rings. The summed E-state index contributed by atoms with van der Waals surface area (Å²) in [5.74, 6) is -0.570. The highest BCUT2D eigenvalue weighted by Crippen LogP contribution is 2.32. The van der Waals surface area contributed by atoms with Crippen molar-refractivity contribution in [1.29, 1.82) is 0 Å². The van der Waals surface area contributed by atoms with E-state index in [0.717, 1.165) is 46.5 Å². The maximum absolute atomic E-state index is 13.4. The van der Waals surface area contributed by atoms with Crippen LogP contribution < -0.4 is 9.80 Å². The topological polar surface area (TPSA) is 62.5 Å². The molecule has 3 aromatic heterocycles. The van der Waals surface area contributed by atoms with Crippen LogP contribution in [0.5, 0.6) is 0 Å². The lowest BCUT2D eigenvalue weighted by Gasteiger charge is -2.31. The van der Waals surface area contributed by atoms with Gasteiger partial charge >= 0.3 is 6.18 Å². The molecule has 0 bridgehead atoms. The van der Waals surface area contributed by atoms with Gasteiger partial charge in [-0.1, -0.05) is 0 Å². The minimum atomic E-state index is -4.62. The van der Waals surface area contributed by atoms with Crippen molar-refractivity contribution in [3.63, 3.8) is 0 Å². The molecule has 0 radical (unpaired) electrons. The number of fused-ring (bicyclic) bond motifs is 2. The number of anilines is 2. The Morgan fingerprint density at radius 1 is 0.967 bits per heavy atom. The lowest BCUT2D eigenvalue weighted by molar-refractivity contribution is -0.146. The van der Waals surface area contributed by atoms with Crippen LogP contribution in [-0.2, 0) is 19.1 Å². The first-order valence-electron chi connectivity index (χ1n) is 10.1. The molecule has 0 unspecified atom stereocenters. The number of alkyl halides is 3. The number of rotatable bonds is 2. The first-order valence-corrected chi connectivity index (χ1v) is 10.1. The minimum Gasteiger partial charge on any atom is -0.370 e. The Morgan fingerprint density at radius 2 is 1.73 bits per heavy atom. The van der Waals surface area contributed by atoms with Crippen LogP contribution in [0.25, 0.3) is 5.65 Å². The summed E-state index contributed by atoms with van der Waals surface area (Å²) in [4.78, 5) is 9.02. The molecule has 1 saturated heterocycles. The van der Waals surface area contributed by atoms with Crippen LogP contribution in [0.2, 0.25) is 0 Å². The average Bonchev–Trinajstić information content (AvgIpc) is 3.39. The van der Waals surface area contributed by atoms with Crippen LogP contribution in [0.1, 0.15) is 41.1 Å². The predicted octanol–water partition coefficient (Wildman–Crippen LogP) is 3.32. The third-order valence-electron chi connectivity index (χ3n) is 6.12. The van der Waals surface area contributed by atoms with E-state index in [-0.39, 0.29) is 5.65 Å². The van der Waals surface area contributed by atoms with E-state index < -0.39 is 12.0 Å². The fourth-order valence-electron chi connectivity index (χ4n) is 4.33. The van der Waals surface area contributed by atoms with Gasteiger partial charge in [-0.15, -0.1) is 15.3 Å². The van der Waals surface area contributed by atoms with Crippen molar-refractivity contribution < 1.29 is 13.2 Å². The second-order valence-corrected chi connectivity index (χ2v) is 8.00. The molecule has 7 nitrogen and oxygen atoms in total. The summed E-state index contributed by atoms with van der Waals surface area (Å²) in [7, 11) is 0. The number of halogens is 3. The fourth-order valence-corrected chi connectivity index (χ4v) is 4.33. The Labute approximate surface area is 171 Å². The van der Waals surface area contributed by atoms with Crippen LogP contribution >= 0.6 is 0 Å². The molecule has 0 aliphatic carbocycles. The van der Waals surface area contributed by atoms with Gasteiger partial charge in [0.05, 0.1) is 11.9 Å². The third kappa shape index (κ3) is 3.05. The number of aromatic nitrogens is 5. The first-order chi connectivity index (χ1) is 14.3. The van der Waals surface area contributed by atoms with Crippen molar-refractivity contribution in [3.8, 4) is 0 Å². The van der Waals surface area contributed by atoms with Gasteiger partial charge in [-0.25, -0.2) is 0 Å². The lowest BCUT2D eigenvalue weighted by atomic mass is 10.0. The molecular formula is C20H22F3N7. The largest absolute Gasteiger partial charge is 0.453 e. The Kier molecular flexibility index (Phi) is 4.33. The Bertz CT molecular complexity index is 1120. The molecule has 10 heteroatoms. The molecule has 5 heterocycles. The molecular weight excluding hydrogens is 395 g/mol. The highest BCUT2D eigenvalue weighted by Gasteiger charge is 2.38. The number of aryl methyl sites for hydroxylation is 1. The number of nitrogens with zero attached hydrogens (tertiary/aromatic N) is 7. The average molecular weight is 417 g/mol. The van der Waals surface area contributed by atoms with Gasteiger partial charge in [0.2, 0.25) is 0 Å². The molecule has 2 aliphatic heterocycles. The van der Waals surface area contributed by atoms with E-state index in [1.807, 2.05) is 18.0 Å². The molecule has 158 valence electrons. The van der Waals surface area contributed by atoms with Gasteiger partial charge in [0, 0.05) is 49.4 Å². The van der Waals surface area contributed by atoms with E-state index >= 15 is 0 Å². The molecule has 30 heavy (non-hydrogen) atoms. The van der Waals surface area contributed by atoms with E-state index in [1.165, 1.54) is 12.8 Å². The monoisotopic (exact) mass is 417 g/mol. The second kappa shape index (κ2) is 6.82. The quantitative estimate of drug-likeness (QED) is 0.638. The SMILES string of the molecule is Cc1c(N2CCc3ncc(N4CCCC4)cc3C2)nn2c(C(F)(F)F)nnc2c1C. The predicted molar refractivity (Wildman–Crippen MR) is 106 cm³/mol. The number of hydrogen-bond acceptors (Lipinski definition) is 6. The van der Waals surface area contributed by atoms with Gasteiger partial charge in [0.1, 0.15) is 0 Å². The zero-order valence-corrected chi connectivity index (χ0v) is 16.9. The fraction of sp³-hybridized carbons (Fsp3) is 0.500. The molecule has 0 N–H and O–H groups in total. The maximum Gasteiger partial charge on any atom is 0.453 e. The standard InChI is InChI=1S/C20H22F3N7/c1-12-13(2)18(27-30-17(12)25-26-19(30)20(21,22)23)29-8-5-16-14(11-29)9-15(10-24-16)28-6-3-4-7-28/h9-10H,3-8,11H2,1-2H3. The highest BCUT2D eigenvalue weighted by atomic mass is 19.4. The Balaban J connectivity index is 1.53. The summed E-state index contributed by atoms with van der Waals surface area (Å²) in [6, 6.07) is 2.17. The van der Waals surface area contributed by atoms with Crippen LogP contribution in [-0.4, -0.2) is 44.4 Å². The lowest BCUT2D eigenvalue weighted by Crippen LogP contribution is -2.33. The summed E-state index contributed by atoms with van der Waals surface area (Å²) >= 11 is 0. The van der Waals surface area contributed by atoms with Gasteiger partial charge in [0.25, 0.3) is 5.82 Å². The van der Waals surface area contributed by atoms with Gasteiger partial charge in [-0.05, 0) is 38.3 Å². The van der Waals surface area contributed by atoms with Crippen molar-refractivity contribution in [3.05, 3.63) is 40.5 Å². The summed E-state index contributed by atoms with van der Waals surface area (Å²) in [6.45, 7) is 6.91. The Morgan fingerprint density at radius 3 is 2.47 bits per heavy atom. The highest BCUT2D eigenvalue weighted by molar-refractivity contribution is 5.60. The zero-order chi connectivity index (χ0) is 21.0. The van der Waals surface area contributed by atoms with Crippen molar-refractivity contribution in [2.75, 3.05) is 29.4 Å². The molecule has 0 amide bonds. The van der Waals surface area contributed by atoms with Crippen molar-refractivity contribution in [1.82, 2.24) is 24.8 Å². The third-order valence-corrected chi connectivity index (χ3v) is 6.12. The maximum atomic E-state index is 13.4. The van der Waals surface area contributed by atoms with E-state index in [9.17, 15) is 13.2 Å². The van der Waals surface area contributed by atoms with Crippen LogP contribution in [0.15, 0.2) is 12.3 Å². The summed E-state index contributed by atoms with van der Waals surface area (Å²) in [6.07, 6.45) is 0.418. The van der Waals surface area contributed by atoms with E-state index in [4.69, 9.17) is 0 Å². The van der Waals surface area contributed by atoms with Gasteiger partial charge in [-0.2, -0.15) is 17.7 Å². The van der Waals surface area contributed by atoms with Crippen LogP contribution in [0.3, 0.4) is 0 Å². The zero-order valence-electron chi connectivity index (χ0n) is 16.9. The molecule has 0 saturated carbocycles. The Hall–Kier alpha value is -2.91. The molecule has 3 aromatic rings. The van der Waals surface area contributed by atoms with E-state index in [0.29, 0.717) is 24.5 Å². The van der Waals surface area contributed by atoms with Crippen molar-refractivity contribution >= 4 is 17.2 Å². The van der Waals surface area contributed by atoms with E-state index in [1.54, 1.807) is 6.92 Å². The van der Waals surface area contributed by atoms with Crippen molar-refractivity contribution in [2.45, 2.75) is 45.8 Å². The first kappa shape index (κ1) is 19.1. The summed E-state index contributed by atoms with van der Waals surface area (Å²) in [5.41, 5.74) is 4.87. The van der Waals surface area contributed by atoms with Crippen LogP contribution in [0.4, 0.5) is 24.7 Å². The summed E-state index contributed by atoms with van der Waals surface area (Å²) in [5, 5.41) is 11.4. The van der Waals surface area contributed by atoms with Gasteiger partial charge in [0.15, 0.2) is 11.5 Å².